The Balaban J connectivity index is 2.51. The summed E-state index contributed by atoms with van der Waals surface area (Å²) in [5.41, 5.74) is -0.514. The highest BCUT2D eigenvalue weighted by molar-refractivity contribution is 5.79. The Morgan fingerprint density at radius 1 is 1.30 bits per heavy atom. The van der Waals surface area contributed by atoms with Crippen LogP contribution in [0.4, 0.5) is 4.79 Å². The molecule has 1 heterocycles. The van der Waals surface area contributed by atoms with Crippen LogP contribution in [-0.4, -0.2) is 53.1 Å². The topological polar surface area (TPSA) is 92.6 Å². The minimum atomic E-state index is -0.514. The molecule has 1 amide bonds. The first-order valence-corrected chi connectivity index (χ1v) is 9.70. The van der Waals surface area contributed by atoms with Crippen molar-refractivity contribution in [2.45, 2.75) is 66.2 Å². The largest absolute Gasteiger partial charge is 0.444 e. The number of alkyl carbamates (subject to hydrolysis) is 1. The molecule has 1 aromatic rings. The van der Waals surface area contributed by atoms with E-state index in [-0.39, 0.29) is 12.0 Å². The smallest absolute Gasteiger partial charge is 0.407 e. The Morgan fingerprint density at radius 2 is 2.04 bits per heavy atom. The molecule has 8 nitrogen and oxygen atoms in total. The average molecular weight is 381 g/mol. The van der Waals surface area contributed by atoms with Crippen LogP contribution in [0.25, 0.3) is 0 Å². The van der Waals surface area contributed by atoms with Crippen molar-refractivity contribution < 1.29 is 9.53 Å². The van der Waals surface area contributed by atoms with Gasteiger partial charge in [-0.2, -0.15) is 5.10 Å². The lowest BCUT2D eigenvalue weighted by atomic mass is 10.1. The second-order valence-corrected chi connectivity index (χ2v) is 7.77. The van der Waals surface area contributed by atoms with Crippen LogP contribution in [0.1, 0.15) is 48.0 Å². The zero-order valence-corrected chi connectivity index (χ0v) is 17.6. The van der Waals surface area contributed by atoms with Gasteiger partial charge in [-0.25, -0.2) is 4.79 Å². The molecule has 0 aliphatic rings. The maximum atomic E-state index is 12.0. The van der Waals surface area contributed by atoms with Crippen LogP contribution in [0, 0.1) is 5.92 Å². The van der Waals surface area contributed by atoms with Crippen LogP contribution in [0.3, 0.4) is 0 Å². The molecule has 1 aromatic heterocycles. The zero-order chi connectivity index (χ0) is 20.3. The van der Waals surface area contributed by atoms with E-state index in [1.165, 1.54) is 0 Å². The summed E-state index contributed by atoms with van der Waals surface area (Å²) in [6, 6.07) is 1.82. The second kappa shape index (κ2) is 11.5. The lowest BCUT2D eigenvalue weighted by Crippen LogP contribution is -2.45. The van der Waals surface area contributed by atoms with Crippen LogP contribution in [-0.2, 0) is 11.3 Å². The minimum absolute atomic E-state index is 0.0978. The summed E-state index contributed by atoms with van der Waals surface area (Å²) < 4.78 is 7.26. The summed E-state index contributed by atoms with van der Waals surface area (Å²) >= 11 is 0. The average Bonchev–Trinajstić information content (AvgIpc) is 3.06. The molecule has 1 rings (SSSR count). The van der Waals surface area contributed by atoms with E-state index in [0.717, 1.165) is 32.0 Å². The van der Waals surface area contributed by atoms with Crippen molar-refractivity contribution in [1.29, 1.82) is 0 Å². The maximum Gasteiger partial charge on any atom is 0.407 e. The molecule has 0 aliphatic heterocycles. The SMILES string of the molecule is CCNC(=NCC(NC(=O)OC(C)(C)C)C(C)C)NCCCn1cccn1. The molecule has 0 bridgehead atoms. The predicted molar refractivity (Wildman–Crippen MR) is 109 cm³/mol. The number of aryl methyl sites for hydroxylation is 1. The van der Waals surface area contributed by atoms with Gasteiger partial charge in [-0.3, -0.25) is 9.67 Å². The van der Waals surface area contributed by atoms with Gasteiger partial charge in [-0.05, 0) is 46.1 Å². The summed E-state index contributed by atoms with van der Waals surface area (Å²) in [5.74, 6) is 0.985. The molecule has 8 heteroatoms. The molecule has 1 atom stereocenters. The molecule has 0 fully saturated rings. The molecule has 0 aliphatic carbocycles. The third-order valence-electron chi connectivity index (χ3n) is 3.71. The fraction of sp³-hybridized carbons (Fsp3) is 0.737. The molecular formula is C19H36N6O2. The van der Waals surface area contributed by atoms with Gasteiger partial charge in [0.2, 0.25) is 0 Å². The Labute approximate surface area is 163 Å². The number of aliphatic imine (C=N–C) groups is 1. The van der Waals surface area contributed by atoms with Gasteiger partial charge in [0.15, 0.2) is 5.96 Å². The van der Waals surface area contributed by atoms with E-state index in [1.54, 1.807) is 6.20 Å². The van der Waals surface area contributed by atoms with Crippen LogP contribution in [0.2, 0.25) is 0 Å². The van der Waals surface area contributed by atoms with Gasteiger partial charge in [0, 0.05) is 32.0 Å². The van der Waals surface area contributed by atoms with Crippen molar-refractivity contribution in [2.24, 2.45) is 10.9 Å². The van der Waals surface area contributed by atoms with Crippen molar-refractivity contribution in [3.05, 3.63) is 18.5 Å². The summed E-state index contributed by atoms with van der Waals surface area (Å²) in [4.78, 5) is 16.7. The van der Waals surface area contributed by atoms with Crippen molar-refractivity contribution in [3.8, 4) is 0 Å². The van der Waals surface area contributed by atoms with E-state index in [0.29, 0.717) is 6.54 Å². The van der Waals surface area contributed by atoms with Gasteiger partial charge >= 0.3 is 6.09 Å². The second-order valence-electron chi connectivity index (χ2n) is 7.77. The number of nitrogens with one attached hydrogen (secondary N) is 3. The lowest BCUT2D eigenvalue weighted by molar-refractivity contribution is 0.0493. The van der Waals surface area contributed by atoms with E-state index in [4.69, 9.17) is 4.74 Å². The lowest BCUT2D eigenvalue weighted by Gasteiger charge is -2.25. The molecule has 27 heavy (non-hydrogen) atoms. The third-order valence-corrected chi connectivity index (χ3v) is 3.71. The standard InChI is InChI=1S/C19H36N6O2/c1-7-20-17(21-10-8-12-25-13-9-11-23-25)22-14-16(15(2)3)24-18(26)27-19(4,5)6/h9,11,13,15-16H,7-8,10,12,14H2,1-6H3,(H,24,26)(H2,20,21,22). The number of amides is 1. The molecule has 0 radical (unpaired) electrons. The maximum absolute atomic E-state index is 12.0. The minimum Gasteiger partial charge on any atom is -0.444 e. The summed E-state index contributed by atoms with van der Waals surface area (Å²) in [6.45, 7) is 14.6. The van der Waals surface area contributed by atoms with Crippen LogP contribution in [0.15, 0.2) is 23.5 Å². The number of carbonyl (C=O) groups excluding carboxylic acids is 1. The Kier molecular flexibility index (Phi) is 9.67. The quantitative estimate of drug-likeness (QED) is 0.347. The molecule has 1 unspecified atom stereocenters. The Hall–Kier alpha value is -2.25. The van der Waals surface area contributed by atoms with E-state index in [1.807, 2.05) is 44.6 Å². The molecule has 0 spiro atoms. The molecule has 0 saturated heterocycles. The number of hydrogen-bond donors (Lipinski definition) is 3. The van der Waals surface area contributed by atoms with Gasteiger partial charge in [-0.15, -0.1) is 0 Å². The number of hydrogen-bond acceptors (Lipinski definition) is 4. The van der Waals surface area contributed by atoms with Crippen LogP contribution < -0.4 is 16.0 Å². The number of guanidine groups is 1. The Morgan fingerprint density at radius 3 is 2.59 bits per heavy atom. The number of rotatable bonds is 9. The van der Waals surface area contributed by atoms with Crippen molar-refractivity contribution in [3.63, 3.8) is 0 Å². The molecule has 0 aromatic carbocycles. The van der Waals surface area contributed by atoms with Crippen LogP contribution >= 0.6 is 0 Å². The summed E-state index contributed by atoms with van der Waals surface area (Å²) in [6.07, 6.45) is 4.27. The van der Waals surface area contributed by atoms with Gasteiger partial charge in [0.25, 0.3) is 0 Å². The highest BCUT2D eigenvalue weighted by Crippen LogP contribution is 2.09. The molecular weight excluding hydrogens is 344 g/mol. The number of ether oxygens (including phenoxy) is 1. The van der Waals surface area contributed by atoms with Gasteiger partial charge in [0.05, 0.1) is 12.6 Å². The normalized spacial score (nSPS) is 13.4. The first kappa shape index (κ1) is 22.8. The monoisotopic (exact) mass is 380 g/mol. The number of carbonyl (C=O) groups is 1. The first-order valence-electron chi connectivity index (χ1n) is 9.70. The van der Waals surface area contributed by atoms with E-state index >= 15 is 0 Å². The van der Waals surface area contributed by atoms with Crippen molar-refractivity contribution in [2.75, 3.05) is 19.6 Å². The first-order chi connectivity index (χ1) is 12.7. The zero-order valence-electron chi connectivity index (χ0n) is 17.6. The van der Waals surface area contributed by atoms with E-state index < -0.39 is 11.7 Å². The summed E-state index contributed by atoms with van der Waals surface area (Å²) in [7, 11) is 0. The van der Waals surface area contributed by atoms with Gasteiger partial charge in [-0.1, -0.05) is 13.8 Å². The third kappa shape index (κ3) is 10.5. The highest BCUT2D eigenvalue weighted by Gasteiger charge is 2.21. The Bertz CT molecular complexity index is 563. The number of aromatic nitrogens is 2. The van der Waals surface area contributed by atoms with Gasteiger partial charge in [0.1, 0.15) is 5.60 Å². The fourth-order valence-electron chi connectivity index (χ4n) is 2.29. The van der Waals surface area contributed by atoms with Gasteiger partial charge < -0.3 is 20.7 Å². The number of nitrogens with zero attached hydrogens (tertiary/aromatic N) is 3. The highest BCUT2D eigenvalue weighted by atomic mass is 16.6. The summed E-state index contributed by atoms with van der Waals surface area (Å²) in [5, 5.41) is 13.7. The van der Waals surface area contributed by atoms with Crippen LogP contribution in [0.5, 0.6) is 0 Å². The predicted octanol–water partition coefficient (Wildman–Crippen LogP) is 2.38. The molecule has 154 valence electrons. The molecule has 0 saturated carbocycles. The van der Waals surface area contributed by atoms with Crippen molar-refractivity contribution in [1.82, 2.24) is 25.7 Å². The van der Waals surface area contributed by atoms with E-state index in [9.17, 15) is 4.79 Å². The van der Waals surface area contributed by atoms with E-state index in [2.05, 4.69) is 39.9 Å². The fourth-order valence-corrected chi connectivity index (χ4v) is 2.29. The van der Waals surface area contributed by atoms with Crippen molar-refractivity contribution >= 4 is 12.1 Å². The molecule has 3 N–H and O–H groups in total.